The van der Waals surface area contributed by atoms with Crippen molar-refractivity contribution >= 4 is 22.8 Å². The van der Waals surface area contributed by atoms with Crippen molar-refractivity contribution in [1.82, 2.24) is 10.2 Å². The highest BCUT2D eigenvalue weighted by molar-refractivity contribution is 8.13. The van der Waals surface area contributed by atoms with E-state index < -0.39 is 18.2 Å². The topological polar surface area (TPSA) is 113 Å². The van der Waals surface area contributed by atoms with Gasteiger partial charge in [-0.25, -0.2) is 4.79 Å². The molecule has 0 aliphatic rings. The number of aromatic nitrogens is 2. The van der Waals surface area contributed by atoms with Gasteiger partial charge in [-0.2, -0.15) is 5.10 Å². The number of carbonyl (C=O) groups excluding carboxylic acids is 2. The summed E-state index contributed by atoms with van der Waals surface area (Å²) in [4.78, 5) is 22.1. The van der Waals surface area contributed by atoms with Crippen molar-refractivity contribution in [1.29, 1.82) is 0 Å². The fourth-order valence-corrected chi connectivity index (χ4v) is 1.87. The Morgan fingerprint density at radius 2 is 2.22 bits per heavy atom. The van der Waals surface area contributed by atoms with Crippen molar-refractivity contribution < 1.29 is 24.5 Å². The van der Waals surface area contributed by atoms with Crippen LogP contribution >= 0.6 is 11.8 Å². The van der Waals surface area contributed by atoms with Gasteiger partial charge in [0, 0.05) is 18.2 Å². The molecular weight excluding hydrogens is 260 g/mol. The molecule has 2 unspecified atom stereocenters. The van der Waals surface area contributed by atoms with E-state index in [-0.39, 0.29) is 22.1 Å². The average Bonchev–Trinajstić information content (AvgIpc) is 2.82. The Morgan fingerprint density at radius 1 is 1.56 bits per heavy atom. The molecule has 2 atom stereocenters. The van der Waals surface area contributed by atoms with Gasteiger partial charge in [0.2, 0.25) is 0 Å². The first-order valence-electron chi connectivity index (χ1n) is 5.08. The summed E-state index contributed by atoms with van der Waals surface area (Å²) < 4.78 is 4.50. The van der Waals surface area contributed by atoms with Gasteiger partial charge in [-0.05, 0) is 0 Å². The number of methoxy groups -OCH3 is 1. The van der Waals surface area contributed by atoms with Crippen molar-refractivity contribution in [2.24, 2.45) is 0 Å². The molecule has 0 saturated carbocycles. The molecule has 0 spiro atoms. The molecular formula is C10H14N2O5S. The third-order valence-corrected chi connectivity index (χ3v) is 3.11. The number of carbonyl (C=O) groups is 2. The number of hydrogen-bond donors (Lipinski definition) is 3. The van der Waals surface area contributed by atoms with Crippen molar-refractivity contribution in [2.75, 3.05) is 12.9 Å². The third-order valence-electron chi connectivity index (χ3n) is 2.20. The zero-order valence-corrected chi connectivity index (χ0v) is 10.7. The molecule has 0 aromatic carbocycles. The summed E-state index contributed by atoms with van der Waals surface area (Å²) in [6, 6.07) is 0. The molecule has 1 rings (SSSR count). The van der Waals surface area contributed by atoms with Crippen LogP contribution in [-0.4, -0.2) is 50.5 Å². The molecule has 0 radical (unpaired) electrons. The van der Waals surface area contributed by atoms with Crippen LogP contribution in [0.4, 0.5) is 0 Å². The predicted octanol–water partition coefficient (Wildman–Crippen LogP) is -0.130. The van der Waals surface area contributed by atoms with E-state index in [4.69, 9.17) is 0 Å². The van der Waals surface area contributed by atoms with Gasteiger partial charge < -0.3 is 14.9 Å². The van der Waals surface area contributed by atoms with Gasteiger partial charge in [0.15, 0.2) is 5.12 Å². The van der Waals surface area contributed by atoms with Crippen LogP contribution in [0.3, 0.4) is 0 Å². The number of aliphatic hydroxyl groups excluding tert-OH is 2. The second-order valence-electron chi connectivity index (χ2n) is 3.51. The lowest BCUT2D eigenvalue weighted by Crippen LogP contribution is -2.23. The van der Waals surface area contributed by atoms with Gasteiger partial charge in [-0.1, -0.05) is 11.8 Å². The van der Waals surface area contributed by atoms with Gasteiger partial charge in [-0.3, -0.25) is 9.89 Å². The van der Waals surface area contributed by atoms with Crippen LogP contribution < -0.4 is 0 Å². The number of aromatic amines is 1. The molecule has 7 nitrogen and oxygen atoms in total. The molecule has 1 heterocycles. The predicted molar refractivity (Wildman–Crippen MR) is 64.0 cm³/mol. The second kappa shape index (κ2) is 6.53. The monoisotopic (exact) mass is 274 g/mol. The van der Waals surface area contributed by atoms with Crippen LogP contribution in [-0.2, 0) is 9.53 Å². The highest BCUT2D eigenvalue weighted by Crippen LogP contribution is 2.22. The first-order valence-corrected chi connectivity index (χ1v) is 6.07. The quantitative estimate of drug-likeness (QED) is 0.641. The van der Waals surface area contributed by atoms with E-state index in [1.165, 1.54) is 20.2 Å². The summed E-state index contributed by atoms with van der Waals surface area (Å²) in [5.74, 6) is -0.657. The molecule has 3 N–H and O–H groups in total. The third kappa shape index (κ3) is 3.56. The Hall–Kier alpha value is -1.38. The molecule has 100 valence electrons. The summed E-state index contributed by atoms with van der Waals surface area (Å²) in [6.07, 6.45) is -1.26. The molecule has 0 fully saturated rings. The number of nitrogens with one attached hydrogen (secondary N) is 1. The maximum absolute atomic E-state index is 11.3. The highest BCUT2D eigenvalue weighted by Gasteiger charge is 2.26. The van der Waals surface area contributed by atoms with Crippen LogP contribution in [0.2, 0.25) is 0 Å². The molecule has 0 bridgehead atoms. The SMILES string of the molecule is COC(=O)c1[nH]ncc1C(O)C(O)CSC(C)=O. The zero-order valence-electron chi connectivity index (χ0n) is 9.91. The van der Waals surface area contributed by atoms with Crippen LogP contribution in [0.1, 0.15) is 29.1 Å². The summed E-state index contributed by atoms with van der Waals surface area (Å²) in [5, 5.41) is 25.4. The molecule has 0 aliphatic carbocycles. The molecule has 0 saturated heterocycles. The van der Waals surface area contributed by atoms with Crippen molar-refractivity contribution in [3.63, 3.8) is 0 Å². The standard InChI is InChI=1S/C10H14N2O5S/c1-5(13)18-4-7(14)9(15)6-3-11-12-8(6)10(16)17-2/h3,7,9,14-15H,4H2,1-2H3,(H,11,12). The number of thioether (sulfide) groups is 1. The summed E-state index contributed by atoms with van der Waals surface area (Å²) >= 11 is 0.889. The van der Waals surface area contributed by atoms with Gasteiger partial charge in [0.1, 0.15) is 11.8 Å². The lowest BCUT2D eigenvalue weighted by molar-refractivity contribution is -0.109. The Kier molecular flexibility index (Phi) is 5.32. The molecule has 18 heavy (non-hydrogen) atoms. The lowest BCUT2D eigenvalue weighted by Gasteiger charge is -2.16. The van der Waals surface area contributed by atoms with E-state index in [9.17, 15) is 19.8 Å². The number of hydrogen-bond acceptors (Lipinski definition) is 7. The van der Waals surface area contributed by atoms with E-state index in [0.717, 1.165) is 11.8 Å². The fraction of sp³-hybridized carbons (Fsp3) is 0.500. The van der Waals surface area contributed by atoms with E-state index >= 15 is 0 Å². The second-order valence-corrected chi connectivity index (χ2v) is 4.70. The normalized spacial score (nSPS) is 14.0. The zero-order chi connectivity index (χ0) is 13.7. The Labute approximate surface area is 108 Å². The van der Waals surface area contributed by atoms with Crippen molar-refractivity contribution in [2.45, 2.75) is 19.1 Å². The number of H-pyrrole nitrogens is 1. The van der Waals surface area contributed by atoms with Gasteiger partial charge >= 0.3 is 5.97 Å². The van der Waals surface area contributed by atoms with E-state index in [1.807, 2.05) is 0 Å². The average molecular weight is 274 g/mol. The number of nitrogens with zero attached hydrogens (tertiary/aromatic N) is 1. The minimum absolute atomic E-state index is 0.0168. The first kappa shape index (κ1) is 14.7. The van der Waals surface area contributed by atoms with Crippen LogP contribution in [0.15, 0.2) is 6.20 Å². The fourth-order valence-electron chi connectivity index (χ4n) is 1.29. The van der Waals surface area contributed by atoms with Gasteiger partial charge in [0.25, 0.3) is 0 Å². The van der Waals surface area contributed by atoms with E-state index in [0.29, 0.717) is 0 Å². The van der Waals surface area contributed by atoms with E-state index in [2.05, 4.69) is 14.9 Å². The molecule has 0 amide bonds. The minimum atomic E-state index is -1.32. The van der Waals surface area contributed by atoms with Crippen molar-refractivity contribution in [3.05, 3.63) is 17.5 Å². The van der Waals surface area contributed by atoms with Crippen LogP contribution in [0.5, 0.6) is 0 Å². The van der Waals surface area contributed by atoms with Crippen molar-refractivity contribution in [3.8, 4) is 0 Å². The number of rotatable bonds is 5. The van der Waals surface area contributed by atoms with E-state index in [1.54, 1.807) is 0 Å². The lowest BCUT2D eigenvalue weighted by atomic mass is 10.1. The Bertz CT molecular complexity index is 434. The van der Waals surface area contributed by atoms with Crippen LogP contribution in [0.25, 0.3) is 0 Å². The van der Waals surface area contributed by atoms with Crippen LogP contribution in [0, 0.1) is 0 Å². The minimum Gasteiger partial charge on any atom is -0.464 e. The first-order chi connectivity index (χ1) is 8.47. The smallest absolute Gasteiger partial charge is 0.356 e. The molecule has 1 aromatic rings. The summed E-state index contributed by atoms with van der Waals surface area (Å²) in [7, 11) is 1.20. The largest absolute Gasteiger partial charge is 0.464 e. The maximum atomic E-state index is 11.3. The molecule has 1 aromatic heterocycles. The molecule has 8 heteroatoms. The van der Waals surface area contributed by atoms with Gasteiger partial charge in [-0.15, -0.1) is 0 Å². The Balaban J connectivity index is 2.77. The number of esters is 1. The highest BCUT2D eigenvalue weighted by atomic mass is 32.2. The van der Waals surface area contributed by atoms with Gasteiger partial charge in [0.05, 0.1) is 19.4 Å². The Morgan fingerprint density at radius 3 is 2.78 bits per heavy atom. The number of ether oxygens (including phenoxy) is 1. The summed E-state index contributed by atoms with van der Waals surface area (Å²) in [5.41, 5.74) is 0.121. The maximum Gasteiger partial charge on any atom is 0.356 e. The number of aliphatic hydroxyl groups is 2. The summed E-state index contributed by atoms with van der Waals surface area (Å²) in [6.45, 7) is 1.36. The molecule has 0 aliphatic heterocycles.